The van der Waals surface area contributed by atoms with Crippen LogP contribution in [-0.4, -0.2) is 52.9 Å². The van der Waals surface area contributed by atoms with E-state index in [4.69, 9.17) is 10.5 Å². The zero-order valence-electron chi connectivity index (χ0n) is 9.14. The van der Waals surface area contributed by atoms with Gasteiger partial charge in [-0.2, -0.15) is 10.5 Å². The van der Waals surface area contributed by atoms with E-state index in [9.17, 15) is 5.11 Å². The fraction of sp³-hybridized carbons (Fsp3) is 0.667. The molecule has 0 saturated heterocycles. The van der Waals surface area contributed by atoms with Gasteiger partial charge < -0.3 is 10.4 Å². The fourth-order valence-corrected chi connectivity index (χ4v) is 1.70. The quantitative estimate of drug-likeness (QED) is 0.287. The van der Waals surface area contributed by atoms with Crippen LogP contribution in [0.25, 0.3) is 0 Å². The molecule has 7 heteroatoms. The SMILES string of the molecule is CC(O)N1CC[N+](CNC#N)=C1CNC#N. The van der Waals surface area contributed by atoms with Crippen molar-refractivity contribution >= 4 is 5.84 Å². The van der Waals surface area contributed by atoms with Crippen molar-refractivity contribution in [2.75, 3.05) is 26.3 Å². The summed E-state index contributed by atoms with van der Waals surface area (Å²) in [5.41, 5.74) is 0. The van der Waals surface area contributed by atoms with Gasteiger partial charge in [0.15, 0.2) is 25.3 Å². The van der Waals surface area contributed by atoms with Gasteiger partial charge in [-0.15, -0.1) is 0 Å². The third-order valence-corrected chi connectivity index (χ3v) is 2.43. The summed E-state index contributed by atoms with van der Waals surface area (Å²) in [5, 5.41) is 31.5. The Hall–Kier alpha value is -1.99. The monoisotopic (exact) mass is 223 g/mol. The first-order chi connectivity index (χ1) is 7.70. The van der Waals surface area contributed by atoms with Gasteiger partial charge in [0.2, 0.25) is 0 Å². The van der Waals surface area contributed by atoms with Gasteiger partial charge in [0.25, 0.3) is 5.84 Å². The number of aliphatic hydroxyl groups is 1. The summed E-state index contributed by atoms with van der Waals surface area (Å²) in [6, 6.07) is 0. The Morgan fingerprint density at radius 1 is 1.50 bits per heavy atom. The molecule has 0 spiro atoms. The Kier molecular flexibility index (Phi) is 4.37. The molecule has 16 heavy (non-hydrogen) atoms. The number of nitrogens with one attached hydrogen (secondary N) is 2. The van der Waals surface area contributed by atoms with Crippen LogP contribution in [-0.2, 0) is 0 Å². The van der Waals surface area contributed by atoms with Gasteiger partial charge in [-0.1, -0.05) is 0 Å². The van der Waals surface area contributed by atoms with Crippen molar-refractivity contribution in [3.8, 4) is 12.4 Å². The first-order valence-electron chi connectivity index (χ1n) is 5.00. The average molecular weight is 223 g/mol. The van der Waals surface area contributed by atoms with Crippen molar-refractivity contribution < 1.29 is 9.68 Å². The molecule has 0 aliphatic carbocycles. The van der Waals surface area contributed by atoms with Crippen LogP contribution in [0.2, 0.25) is 0 Å². The highest BCUT2D eigenvalue weighted by molar-refractivity contribution is 5.80. The van der Waals surface area contributed by atoms with E-state index < -0.39 is 6.23 Å². The molecule has 1 atom stereocenters. The predicted octanol–water partition coefficient (Wildman–Crippen LogP) is -1.85. The van der Waals surface area contributed by atoms with Crippen LogP contribution in [0.15, 0.2) is 0 Å². The van der Waals surface area contributed by atoms with E-state index in [1.54, 1.807) is 11.8 Å². The predicted molar refractivity (Wildman–Crippen MR) is 55.8 cm³/mol. The Morgan fingerprint density at radius 2 is 2.19 bits per heavy atom. The van der Waals surface area contributed by atoms with Crippen molar-refractivity contribution in [3.05, 3.63) is 0 Å². The first-order valence-corrected chi connectivity index (χ1v) is 5.00. The van der Waals surface area contributed by atoms with Gasteiger partial charge in [0, 0.05) is 6.92 Å². The summed E-state index contributed by atoms with van der Waals surface area (Å²) in [5.74, 6) is 0.819. The molecule has 0 saturated carbocycles. The number of hydrogen-bond acceptors (Lipinski definition) is 6. The molecule has 1 heterocycles. The van der Waals surface area contributed by atoms with Crippen LogP contribution in [0.5, 0.6) is 0 Å². The molecule has 3 N–H and O–H groups in total. The zero-order valence-corrected chi connectivity index (χ0v) is 9.14. The van der Waals surface area contributed by atoms with Crippen LogP contribution >= 0.6 is 0 Å². The van der Waals surface area contributed by atoms with E-state index in [0.29, 0.717) is 19.8 Å². The zero-order chi connectivity index (χ0) is 12.0. The molecule has 1 rings (SSSR count). The second-order valence-corrected chi connectivity index (χ2v) is 3.42. The average Bonchev–Trinajstić information content (AvgIpc) is 2.66. The molecular weight excluding hydrogens is 208 g/mol. The van der Waals surface area contributed by atoms with Crippen molar-refractivity contribution in [3.63, 3.8) is 0 Å². The summed E-state index contributed by atoms with van der Waals surface area (Å²) in [6.07, 6.45) is 3.09. The van der Waals surface area contributed by atoms with Crippen molar-refractivity contribution in [1.82, 2.24) is 15.5 Å². The Balaban J connectivity index is 2.75. The minimum absolute atomic E-state index is 0.356. The minimum Gasteiger partial charge on any atom is -0.356 e. The van der Waals surface area contributed by atoms with Crippen molar-refractivity contribution in [1.29, 1.82) is 10.5 Å². The largest absolute Gasteiger partial charge is 0.356 e. The van der Waals surface area contributed by atoms with E-state index in [-0.39, 0.29) is 0 Å². The maximum atomic E-state index is 9.55. The third-order valence-electron chi connectivity index (χ3n) is 2.43. The number of hydrogen-bond donors (Lipinski definition) is 3. The van der Waals surface area contributed by atoms with E-state index in [1.807, 2.05) is 17.0 Å². The molecule has 0 fully saturated rings. The molecular formula is C9H15N6O+. The molecule has 0 bridgehead atoms. The summed E-state index contributed by atoms with van der Waals surface area (Å²) in [4.78, 5) is 1.80. The lowest BCUT2D eigenvalue weighted by Gasteiger charge is -2.15. The molecule has 0 radical (unpaired) electrons. The molecule has 1 unspecified atom stereocenters. The topological polar surface area (TPSA) is 98.1 Å². The summed E-state index contributed by atoms with van der Waals surface area (Å²) in [6.45, 7) is 3.83. The Morgan fingerprint density at radius 3 is 2.75 bits per heavy atom. The van der Waals surface area contributed by atoms with Gasteiger partial charge in [0.05, 0.1) is 0 Å². The highest BCUT2D eigenvalue weighted by Crippen LogP contribution is 2.04. The minimum atomic E-state index is -0.595. The number of aliphatic hydroxyl groups excluding tert-OH is 1. The summed E-state index contributed by atoms with van der Waals surface area (Å²) in [7, 11) is 0. The summed E-state index contributed by atoms with van der Waals surface area (Å²) >= 11 is 0. The lowest BCUT2D eigenvalue weighted by molar-refractivity contribution is -0.522. The number of nitriles is 2. The molecule has 86 valence electrons. The van der Waals surface area contributed by atoms with Crippen molar-refractivity contribution in [2.45, 2.75) is 13.2 Å². The third kappa shape index (κ3) is 2.75. The van der Waals surface area contributed by atoms with Gasteiger partial charge in [-0.3, -0.25) is 5.32 Å². The van der Waals surface area contributed by atoms with Crippen LogP contribution in [0.1, 0.15) is 6.92 Å². The highest BCUT2D eigenvalue weighted by atomic mass is 16.3. The molecule has 1 aliphatic rings. The fourth-order valence-electron chi connectivity index (χ4n) is 1.70. The van der Waals surface area contributed by atoms with E-state index in [1.165, 1.54) is 0 Å². The smallest absolute Gasteiger partial charge is 0.271 e. The van der Waals surface area contributed by atoms with E-state index in [0.717, 1.165) is 12.4 Å². The van der Waals surface area contributed by atoms with Gasteiger partial charge in [-0.25, -0.2) is 9.48 Å². The van der Waals surface area contributed by atoms with E-state index in [2.05, 4.69) is 10.6 Å². The maximum absolute atomic E-state index is 9.55. The highest BCUT2D eigenvalue weighted by Gasteiger charge is 2.32. The lowest BCUT2D eigenvalue weighted by atomic mass is 10.4. The van der Waals surface area contributed by atoms with Crippen molar-refractivity contribution in [2.24, 2.45) is 0 Å². The van der Waals surface area contributed by atoms with Crippen LogP contribution in [0.3, 0.4) is 0 Å². The number of nitrogens with zero attached hydrogens (tertiary/aromatic N) is 4. The molecule has 0 aromatic carbocycles. The second-order valence-electron chi connectivity index (χ2n) is 3.42. The van der Waals surface area contributed by atoms with Gasteiger partial charge in [0.1, 0.15) is 19.6 Å². The van der Waals surface area contributed by atoms with E-state index >= 15 is 0 Å². The molecule has 0 amide bonds. The van der Waals surface area contributed by atoms with Gasteiger partial charge >= 0.3 is 0 Å². The number of amidine groups is 1. The van der Waals surface area contributed by atoms with Crippen LogP contribution < -0.4 is 10.6 Å². The van der Waals surface area contributed by atoms with Gasteiger partial charge in [-0.05, 0) is 0 Å². The first kappa shape index (κ1) is 12.1. The Labute approximate surface area is 94.2 Å². The maximum Gasteiger partial charge on any atom is 0.271 e. The summed E-state index contributed by atoms with van der Waals surface area (Å²) < 4.78 is 1.92. The molecule has 0 aromatic heterocycles. The Bertz CT molecular complexity index is 350. The molecule has 0 aromatic rings. The normalized spacial score (nSPS) is 16.6. The molecule has 1 aliphatic heterocycles. The number of rotatable bonds is 5. The van der Waals surface area contributed by atoms with Crippen LogP contribution in [0.4, 0.5) is 0 Å². The lowest BCUT2D eigenvalue weighted by Crippen LogP contribution is -2.42. The molecule has 7 nitrogen and oxygen atoms in total. The standard InChI is InChI=1S/C9H15N6O/c1-8(16)15-3-2-14(7-13-6-11)9(15)4-12-5-10/h8,12-13,16H,2-4,7H2,1H3/q+1. The second kappa shape index (κ2) is 5.79. The van der Waals surface area contributed by atoms with Crippen LogP contribution in [0, 0.1) is 22.9 Å².